The Morgan fingerprint density at radius 3 is 2.44 bits per heavy atom. The summed E-state index contributed by atoms with van der Waals surface area (Å²) in [6, 6.07) is 8.95. The molecule has 0 aromatic heterocycles. The zero-order valence-corrected chi connectivity index (χ0v) is 16.3. The Morgan fingerprint density at radius 1 is 1.11 bits per heavy atom. The second-order valence-electron chi connectivity index (χ2n) is 6.77. The number of nitrogens with one attached hydrogen (secondary N) is 1. The predicted molar refractivity (Wildman–Crippen MR) is 103 cm³/mol. The molecular weight excluding hydrogens is 344 g/mol. The van der Waals surface area contributed by atoms with E-state index in [1.165, 1.54) is 6.92 Å². The van der Waals surface area contributed by atoms with E-state index in [1.54, 1.807) is 19.1 Å². The number of hydrogen-bond acceptors (Lipinski definition) is 4. The Kier molecular flexibility index (Phi) is 5.08. The fourth-order valence-electron chi connectivity index (χ4n) is 3.64. The van der Waals surface area contributed by atoms with E-state index in [2.05, 4.69) is 5.32 Å². The lowest BCUT2D eigenvalue weighted by Crippen LogP contribution is -2.36. The highest BCUT2D eigenvalue weighted by atomic mass is 16.5. The van der Waals surface area contributed by atoms with Crippen LogP contribution in [0.5, 0.6) is 11.5 Å². The third-order valence-corrected chi connectivity index (χ3v) is 4.70. The first-order valence-corrected chi connectivity index (χ1v) is 8.76. The molecule has 6 heteroatoms. The van der Waals surface area contributed by atoms with Crippen molar-refractivity contribution in [2.45, 2.75) is 33.4 Å². The summed E-state index contributed by atoms with van der Waals surface area (Å²) in [6.07, 6.45) is 0. The highest BCUT2D eigenvalue weighted by molar-refractivity contribution is 6.06. The molecule has 1 unspecified atom stereocenters. The number of hydrogen-bond donors (Lipinski definition) is 1. The number of methoxy groups -OCH3 is 2. The normalized spacial score (nSPS) is 15.5. The second-order valence-corrected chi connectivity index (χ2v) is 6.77. The molecule has 3 rings (SSSR count). The van der Waals surface area contributed by atoms with Crippen molar-refractivity contribution in [3.8, 4) is 11.5 Å². The van der Waals surface area contributed by atoms with Crippen LogP contribution < -0.4 is 19.7 Å². The number of amides is 2. The number of nitrogens with zero attached hydrogens (tertiary/aromatic N) is 1. The summed E-state index contributed by atoms with van der Waals surface area (Å²) in [5.74, 6) is 0.883. The van der Waals surface area contributed by atoms with Gasteiger partial charge in [-0.25, -0.2) is 0 Å². The smallest absolute Gasteiger partial charge is 0.254 e. The summed E-state index contributed by atoms with van der Waals surface area (Å²) in [5, 5.41) is 2.78. The van der Waals surface area contributed by atoms with E-state index in [1.807, 2.05) is 44.2 Å². The number of rotatable bonds is 5. The molecule has 0 bridgehead atoms. The van der Waals surface area contributed by atoms with E-state index in [0.29, 0.717) is 18.0 Å². The van der Waals surface area contributed by atoms with Crippen LogP contribution in [-0.4, -0.2) is 26.0 Å². The van der Waals surface area contributed by atoms with Gasteiger partial charge < -0.3 is 19.7 Å². The Balaban J connectivity index is 2.01. The van der Waals surface area contributed by atoms with Crippen molar-refractivity contribution in [1.82, 2.24) is 5.32 Å². The Morgan fingerprint density at radius 2 is 1.81 bits per heavy atom. The lowest BCUT2D eigenvalue weighted by atomic mass is 10.0. The van der Waals surface area contributed by atoms with Crippen molar-refractivity contribution >= 4 is 17.5 Å². The summed E-state index contributed by atoms with van der Waals surface area (Å²) >= 11 is 0. The zero-order chi connectivity index (χ0) is 19.7. The molecule has 27 heavy (non-hydrogen) atoms. The molecule has 0 radical (unpaired) electrons. The monoisotopic (exact) mass is 368 g/mol. The summed E-state index contributed by atoms with van der Waals surface area (Å²) in [5.41, 5.74) is 4.68. The summed E-state index contributed by atoms with van der Waals surface area (Å²) in [6.45, 7) is 5.77. The number of carbonyl (C=O) groups is 2. The van der Waals surface area contributed by atoms with Crippen LogP contribution in [0.15, 0.2) is 30.3 Å². The molecule has 1 aliphatic rings. The largest absolute Gasteiger partial charge is 0.493 e. The molecule has 0 saturated carbocycles. The maximum Gasteiger partial charge on any atom is 0.254 e. The molecule has 0 aliphatic carbocycles. The SMILES string of the molecule is COc1ccc(CN2C(=O)C(NC(C)=O)c3cc(C)cc(C)c32)cc1OC. The first-order valence-electron chi connectivity index (χ1n) is 8.76. The molecule has 2 amide bonds. The summed E-state index contributed by atoms with van der Waals surface area (Å²) in [4.78, 5) is 26.5. The molecule has 0 saturated heterocycles. The number of aryl methyl sites for hydroxylation is 2. The van der Waals surface area contributed by atoms with Gasteiger partial charge in [-0.15, -0.1) is 0 Å². The van der Waals surface area contributed by atoms with Gasteiger partial charge in [0.15, 0.2) is 11.5 Å². The van der Waals surface area contributed by atoms with Crippen molar-refractivity contribution in [2.75, 3.05) is 19.1 Å². The van der Waals surface area contributed by atoms with Gasteiger partial charge in [-0.3, -0.25) is 9.59 Å². The summed E-state index contributed by atoms with van der Waals surface area (Å²) < 4.78 is 10.6. The molecule has 1 atom stereocenters. The molecule has 2 aromatic carbocycles. The molecule has 0 spiro atoms. The number of fused-ring (bicyclic) bond motifs is 1. The van der Waals surface area contributed by atoms with Gasteiger partial charge in [-0.2, -0.15) is 0 Å². The van der Waals surface area contributed by atoms with Crippen LogP contribution in [-0.2, 0) is 16.1 Å². The van der Waals surface area contributed by atoms with Crippen molar-refractivity contribution < 1.29 is 19.1 Å². The van der Waals surface area contributed by atoms with Gasteiger partial charge in [0.1, 0.15) is 6.04 Å². The Labute approximate surface area is 159 Å². The van der Waals surface area contributed by atoms with Crippen LogP contribution in [0.25, 0.3) is 0 Å². The third kappa shape index (κ3) is 3.47. The average Bonchev–Trinajstić information content (AvgIpc) is 2.87. The van der Waals surface area contributed by atoms with Crippen molar-refractivity contribution in [1.29, 1.82) is 0 Å². The topological polar surface area (TPSA) is 67.9 Å². The van der Waals surface area contributed by atoms with Crippen LogP contribution in [0.4, 0.5) is 5.69 Å². The molecule has 0 fully saturated rings. The van der Waals surface area contributed by atoms with E-state index in [9.17, 15) is 9.59 Å². The molecular formula is C21H24N2O4. The highest BCUT2D eigenvalue weighted by Crippen LogP contribution is 2.40. The van der Waals surface area contributed by atoms with E-state index < -0.39 is 6.04 Å². The number of carbonyl (C=O) groups excluding carboxylic acids is 2. The highest BCUT2D eigenvalue weighted by Gasteiger charge is 2.39. The fourth-order valence-corrected chi connectivity index (χ4v) is 3.64. The number of anilines is 1. The van der Waals surface area contributed by atoms with Crippen LogP contribution in [0.3, 0.4) is 0 Å². The van der Waals surface area contributed by atoms with E-state index >= 15 is 0 Å². The van der Waals surface area contributed by atoms with E-state index in [0.717, 1.165) is 27.9 Å². The fraction of sp³-hybridized carbons (Fsp3) is 0.333. The van der Waals surface area contributed by atoms with Crippen molar-refractivity contribution in [3.05, 3.63) is 52.6 Å². The molecule has 142 valence electrons. The quantitative estimate of drug-likeness (QED) is 0.881. The van der Waals surface area contributed by atoms with Crippen LogP contribution in [0.2, 0.25) is 0 Å². The second kappa shape index (κ2) is 7.31. The predicted octanol–water partition coefficient (Wildman–Crippen LogP) is 3.04. The number of ether oxygens (including phenoxy) is 2. The van der Waals surface area contributed by atoms with Crippen molar-refractivity contribution in [2.24, 2.45) is 0 Å². The van der Waals surface area contributed by atoms with E-state index in [4.69, 9.17) is 9.47 Å². The van der Waals surface area contributed by atoms with E-state index in [-0.39, 0.29) is 11.8 Å². The Hall–Kier alpha value is -3.02. The van der Waals surface area contributed by atoms with Gasteiger partial charge in [0.2, 0.25) is 5.91 Å². The van der Waals surface area contributed by atoms with Gasteiger partial charge >= 0.3 is 0 Å². The average molecular weight is 368 g/mol. The van der Waals surface area contributed by atoms with Gasteiger partial charge in [-0.05, 0) is 37.1 Å². The van der Waals surface area contributed by atoms with Gasteiger partial charge in [-0.1, -0.05) is 23.8 Å². The van der Waals surface area contributed by atoms with Gasteiger partial charge in [0.25, 0.3) is 5.91 Å². The zero-order valence-electron chi connectivity index (χ0n) is 16.3. The maximum absolute atomic E-state index is 13.1. The number of benzene rings is 2. The molecule has 1 heterocycles. The van der Waals surface area contributed by atoms with Crippen LogP contribution in [0, 0.1) is 13.8 Å². The standard InChI is InChI=1S/C21H24N2O4/c1-12-8-13(2)20-16(9-12)19(22-14(3)24)21(25)23(20)11-15-6-7-17(26-4)18(10-15)27-5/h6-10,19H,11H2,1-5H3,(H,22,24). The summed E-state index contributed by atoms with van der Waals surface area (Å²) in [7, 11) is 3.17. The maximum atomic E-state index is 13.1. The first kappa shape index (κ1) is 18.8. The lowest BCUT2D eigenvalue weighted by molar-refractivity contribution is -0.126. The third-order valence-electron chi connectivity index (χ3n) is 4.70. The molecule has 1 N–H and O–H groups in total. The minimum atomic E-state index is -0.656. The molecule has 6 nitrogen and oxygen atoms in total. The van der Waals surface area contributed by atoms with Gasteiger partial charge in [0, 0.05) is 12.5 Å². The Bertz CT molecular complexity index is 907. The molecule has 2 aromatic rings. The van der Waals surface area contributed by atoms with Crippen LogP contribution in [0.1, 0.15) is 35.2 Å². The van der Waals surface area contributed by atoms with Crippen LogP contribution >= 0.6 is 0 Å². The van der Waals surface area contributed by atoms with Crippen molar-refractivity contribution in [3.63, 3.8) is 0 Å². The van der Waals surface area contributed by atoms with Gasteiger partial charge in [0.05, 0.1) is 26.5 Å². The molecule has 1 aliphatic heterocycles. The minimum Gasteiger partial charge on any atom is -0.493 e. The minimum absolute atomic E-state index is 0.135. The lowest BCUT2D eigenvalue weighted by Gasteiger charge is -2.20. The first-order chi connectivity index (χ1) is 12.8.